The summed E-state index contributed by atoms with van der Waals surface area (Å²) in [6, 6.07) is 10.9. The first-order valence-electron chi connectivity index (χ1n) is 6.44. The molecule has 3 nitrogen and oxygen atoms in total. The second-order valence-electron chi connectivity index (χ2n) is 4.69. The van der Waals surface area contributed by atoms with Gasteiger partial charge in [0.25, 0.3) is 0 Å². The van der Waals surface area contributed by atoms with Crippen LogP contribution in [0.15, 0.2) is 42.7 Å². The highest BCUT2D eigenvalue weighted by atomic mass is 16.5. The second-order valence-corrected chi connectivity index (χ2v) is 4.69. The molecule has 0 aliphatic heterocycles. The molecule has 1 atom stereocenters. The average molecular weight is 256 g/mol. The molecule has 2 aromatic rings. The molecular formula is C16H20N2O. The summed E-state index contributed by atoms with van der Waals surface area (Å²) in [5, 5.41) is 3.34. The number of hydrogen-bond acceptors (Lipinski definition) is 3. The summed E-state index contributed by atoms with van der Waals surface area (Å²) < 4.78 is 5.23. The number of rotatable bonds is 5. The van der Waals surface area contributed by atoms with Gasteiger partial charge in [0.2, 0.25) is 0 Å². The zero-order valence-electron chi connectivity index (χ0n) is 11.7. The highest BCUT2D eigenvalue weighted by Crippen LogP contribution is 2.21. The van der Waals surface area contributed by atoms with Gasteiger partial charge in [-0.05, 0) is 37.6 Å². The molecule has 1 unspecified atom stereocenters. The average Bonchev–Trinajstić information content (AvgIpc) is 2.45. The minimum absolute atomic E-state index is 0.240. The molecule has 1 aromatic heterocycles. The van der Waals surface area contributed by atoms with Gasteiger partial charge in [-0.25, -0.2) is 0 Å². The molecule has 0 saturated carbocycles. The number of aromatic nitrogens is 1. The van der Waals surface area contributed by atoms with Crippen LogP contribution in [0.5, 0.6) is 5.75 Å². The normalized spacial score (nSPS) is 12.2. The summed E-state index contributed by atoms with van der Waals surface area (Å²) >= 11 is 0. The number of likely N-dealkylation sites (N-methyl/N-ethyl adjacent to an activating group) is 1. The van der Waals surface area contributed by atoms with E-state index in [2.05, 4.69) is 41.5 Å². The molecule has 1 aromatic carbocycles. The Hall–Kier alpha value is -1.87. The monoisotopic (exact) mass is 256 g/mol. The van der Waals surface area contributed by atoms with Crippen LogP contribution in [-0.4, -0.2) is 19.1 Å². The van der Waals surface area contributed by atoms with Gasteiger partial charge in [-0.2, -0.15) is 0 Å². The molecule has 3 heteroatoms. The first-order valence-corrected chi connectivity index (χ1v) is 6.44. The van der Waals surface area contributed by atoms with Crippen molar-refractivity contribution in [1.82, 2.24) is 10.3 Å². The van der Waals surface area contributed by atoms with Crippen molar-refractivity contribution >= 4 is 0 Å². The van der Waals surface area contributed by atoms with Gasteiger partial charge in [-0.3, -0.25) is 4.98 Å². The van der Waals surface area contributed by atoms with E-state index in [4.69, 9.17) is 4.74 Å². The fourth-order valence-electron chi connectivity index (χ4n) is 2.20. The molecule has 1 heterocycles. The Balaban J connectivity index is 2.19. The van der Waals surface area contributed by atoms with Crippen molar-refractivity contribution in [1.29, 1.82) is 0 Å². The van der Waals surface area contributed by atoms with E-state index in [0.29, 0.717) is 0 Å². The van der Waals surface area contributed by atoms with E-state index in [0.717, 1.165) is 17.7 Å². The van der Waals surface area contributed by atoms with Gasteiger partial charge in [0.05, 0.1) is 13.3 Å². The lowest BCUT2D eigenvalue weighted by Crippen LogP contribution is -2.19. The number of methoxy groups -OCH3 is 1. The van der Waals surface area contributed by atoms with Crippen molar-refractivity contribution in [2.75, 3.05) is 14.2 Å². The van der Waals surface area contributed by atoms with E-state index in [1.54, 1.807) is 13.3 Å². The summed E-state index contributed by atoms with van der Waals surface area (Å²) in [5.41, 5.74) is 3.75. The maximum absolute atomic E-state index is 5.23. The van der Waals surface area contributed by atoms with Crippen molar-refractivity contribution in [3.8, 4) is 5.75 Å². The van der Waals surface area contributed by atoms with Crippen molar-refractivity contribution in [2.45, 2.75) is 19.4 Å². The number of benzene rings is 1. The SMILES string of the molecule is CNC(Cc1cccc(C)c1)c1cncc(OC)c1. The summed E-state index contributed by atoms with van der Waals surface area (Å²) in [6.45, 7) is 2.12. The number of hydrogen-bond donors (Lipinski definition) is 1. The molecule has 100 valence electrons. The molecule has 0 amide bonds. The number of aryl methyl sites for hydroxylation is 1. The Labute approximate surface area is 114 Å². The Morgan fingerprint density at radius 1 is 1.26 bits per heavy atom. The van der Waals surface area contributed by atoms with Crippen LogP contribution in [0.2, 0.25) is 0 Å². The molecule has 2 rings (SSSR count). The van der Waals surface area contributed by atoms with Crippen LogP contribution in [0, 0.1) is 6.92 Å². The van der Waals surface area contributed by atoms with Crippen molar-refractivity contribution < 1.29 is 4.74 Å². The van der Waals surface area contributed by atoms with Crippen molar-refractivity contribution in [2.24, 2.45) is 0 Å². The van der Waals surface area contributed by atoms with Gasteiger partial charge in [0.1, 0.15) is 5.75 Å². The van der Waals surface area contributed by atoms with Crippen LogP contribution in [0.3, 0.4) is 0 Å². The zero-order chi connectivity index (χ0) is 13.7. The van der Waals surface area contributed by atoms with Crippen molar-refractivity contribution in [3.63, 3.8) is 0 Å². The standard InChI is InChI=1S/C16H20N2O/c1-12-5-4-6-13(7-12)8-16(17-2)14-9-15(19-3)11-18-10-14/h4-7,9-11,16-17H,8H2,1-3H3. The fraction of sp³-hybridized carbons (Fsp3) is 0.312. The van der Waals surface area contributed by atoms with Gasteiger partial charge in [0, 0.05) is 12.2 Å². The molecule has 0 spiro atoms. The smallest absolute Gasteiger partial charge is 0.137 e. The van der Waals surface area contributed by atoms with Crippen LogP contribution >= 0.6 is 0 Å². The summed E-state index contributed by atoms with van der Waals surface area (Å²) in [6.07, 6.45) is 4.55. The Morgan fingerprint density at radius 2 is 2.11 bits per heavy atom. The fourth-order valence-corrected chi connectivity index (χ4v) is 2.20. The van der Waals surface area contributed by atoms with Crippen molar-refractivity contribution in [3.05, 3.63) is 59.4 Å². The van der Waals surface area contributed by atoms with E-state index in [9.17, 15) is 0 Å². The van der Waals surface area contributed by atoms with E-state index in [1.807, 2.05) is 19.3 Å². The van der Waals surface area contributed by atoms with E-state index < -0.39 is 0 Å². The third kappa shape index (κ3) is 3.55. The molecule has 0 radical (unpaired) electrons. The molecule has 0 aliphatic rings. The Bertz CT molecular complexity index is 540. The van der Waals surface area contributed by atoms with Gasteiger partial charge in [-0.15, -0.1) is 0 Å². The number of nitrogens with one attached hydrogen (secondary N) is 1. The Morgan fingerprint density at radius 3 is 2.79 bits per heavy atom. The third-order valence-electron chi connectivity index (χ3n) is 3.24. The minimum Gasteiger partial charge on any atom is -0.495 e. The molecule has 1 N–H and O–H groups in total. The number of nitrogens with zero attached hydrogens (tertiary/aromatic N) is 1. The first-order chi connectivity index (χ1) is 9.22. The van der Waals surface area contributed by atoms with E-state index in [-0.39, 0.29) is 6.04 Å². The minimum atomic E-state index is 0.240. The molecule has 19 heavy (non-hydrogen) atoms. The van der Waals surface area contributed by atoms with E-state index in [1.165, 1.54) is 11.1 Å². The first kappa shape index (κ1) is 13.6. The maximum Gasteiger partial charge on any atom is 0.137 e. The van der Waals surface area contributed by atoms with Gasteiger partial charge in [-0.1, -0.05) is 29.8 Å². The molecular weight excluding hydrogens is 236 g/mol. The summed E-state index contributed by atoms with van der Waals surface area (Å²) in [5.74, 6) is 0.794. The number of ether oxygens (including phenoxy) is 1. The maximum atomic E-state index is 5.23. The summed E-state index contributed by atoms with van der Waals surface area (Å²) in [4.78, 5) is 4.22. The molecule has 0 saturated heterocycles. The molecule has 0 bridgehead atoms. The Kier molecular flexibility index (Phi) is 4.53. The largest absolute Gasteiger partial charge is 0.495 e. The van der Waals surface area contributed by atoms with Crippen LogP contribution in [0.4, 0.5) is 0 Å². The van der Waals surface area contributed by atoms with Crippen LogP contribution in [0.1, 0.15) is 22.7 Å². The quantitative estimate of drug-likeness (QED) is 0.893. The third-order valence-corrected chi connectivity index (χ3v) is 3.24. The highest BCUT2D eigenvalue weighted by molar-refractivity contribution is 5.29. The topological polar surface area (TPSA) is 34.2 Å². The van der Waals surface area contributed by atoms with Crippen LogP contribution in [0.25, 0.3) is 0 Å². The van der Waals surface area contributed by atoms with E-state index >= 15 is 0 Å². The van der Waals surface area contributed by atoms with Gasteiger partial charge >= 0.3 is 0 Å². The van der Waals surface area contributed by atoms with Gasteiger partial charge < -0.3 is 10.1 Å². The highest BCUT2D eigenvalue weighted by Gasteiger charge is 2.11. The summed E-state index contributed by atoms with van der Waals surface area (Å²) in [7, 11) is 3.63. The lowest BCUT2D eigenvalue weighted by Gasteiger charge is -2.17. The molecule has 0 aliphatic carbocycles. The predicted molar refractivity (Wildman–Crippen MR) is 77.5 cm³/mol. The predicted octanol–water partition coefficient (Wildman–Crippen LogP) is 2.90. The van der Waals surface area contributed by atoms with Crippen LogP contribution < -0.4 is 10.1 Å². The second kappa shape index (κ2) is 6.34. The number of pyridine rings is 1. The lowest BCUT2D eigenvalue weighted by atomic mass is 9.99. The molecule has 0 fully saturated rings. The van der Waals surface area contributed by atoms with Crippen LogP contribution in [-0.2, 0) is 6.42 Å². The van der Waals surface area contributed by atoms with Gasteiger partial charge in [0.15, 0.2) is 0 Å². The zero-order valence-corrected chi connectivity index (χ0v) is 11.7. The lowest BCUT2D eigenvalue weighted by molar-refractivity contribution is 0.411.